The zero-order valence-corrected chi connectivity index (χ0v) is 16.4. The van der Waals surface area contributed by atoms with Crippen LogP contribution in [0.2, 0.25) is 0 Å². The van der Waals surface area contributed by atoms with E-state index in [1.807, 2.05) is 44.2 Å². The van der Waals surface area contributed by atoms with Crippen LogP contribution in [-0.2, 0) is 10.0 Å². The van der Waals surface area contributed by atoms with Gasteiger partial charge in [-0.05, 0) is 50.2 Å². The van der Waals surface area contributed by atoms with Crippen molar-refractivity contribution in [2.45, 2.75) is 24.8 Å². The number of nitrogens with one attached hydrogen (secondary N) is 1. The Morgan fingerprint density at radius 1 is 0.926 bits per heavy atom. The first-order valence-electron chi connectivity index (χ1n) is 9.09. The highest BCUT2D eigenvalue weighted by molar-refractivity contribution is 7.89. The Hall–Kier alpha value is -2.38. The average Bonchev–Trinajstić information content (AvgIpc) is 2.68. The SMILES string of the molecule is CC(C)NC(=O)c1ccc(S(=O)(=O)N2CCN(c3ccccc3)CC2)cc1. The van der Waals surface area contributed by atoms with Gasteiger partial charge < -0.3 is 10.2 Å². The van der Waals surface area contributed by atoms with E-state index in [-0.39, 0.29) is 16.8 Å². The van der Waals surface area contributed by atoms with Gasteiger partial charge in [-0.2, -0.15) is 4.31 Å². The van der Waals surface area contributed by atoms with Gasteiger partial charge in [0.2, 0.25) is 10.0 Å². The molecule has 2 aromatic rings. The molecule has 3 rings (SSSR count). The first-order valence-corrected chi connectivity index (χ1v) is 10.5. The number of rotatable bonds is 5. The van der Waals surface area contributed by atoms with E-state index in [1.54, 1.807) is 12.1 Å². The summed E-state index contributed by atoms with van der Waals surface area (Å²) in [5.74, 6) is -0.203. The minimum absolute atomic E-state index is 0.0295. The second kappa shape index (κ2) is 8.10. The van der Waals surface area contributed by atoms with E-state index in [4.69, 9.17) is 0 Å². The highest BCUT2D eigenvalue weighted by Gasteiger charge is 2.28. The molecule has 1 aliphatic heterocycles. The maximum Gasteiger partial charge on any atom is 0.251 e. The standard InChI is InChI=1S/C20H25N3O3S/c1-16(2)21-20(24)17-8-10-19(11-9-17)27(25,26)23-14-12-22(13-15-23)18-6-4-3-5-7-18/h3-11,16H,12-15H2,1-2H3,(H,21,24). The molecule has 1 heterocycles. The summed E-state index contributed by atoms with van der Waals surface area (Å²) in [5.41, 5.74) is 1.56. The van der Waals surface area contributed by atoms with Crippen LogP contribution in [0.25, 0.3) is 0 Å². The number of hydrogen-bond donors (Lipinski definition) is 1. The number of nitrogens with zero attached hydrogens (tertiary/aromatic N) is 2. The maximum atomic E-state index is 12.9. The number of anilines is 1. The first-order chi connectivity index (χ1) is 12.9. The summed E-state index contributed by atoms with van der Waals surface area (Å²) in [7, 11) is -3.56. The van der Waals surface area contributed by atoms with Crippen molar-refractivity contribution < 1.29 is 13.2 Å². The molecule has 0 bridgehead atoms. The quantitative estimate of drug-likeness (QED) is 0.855. The lowest BCUT2D eigenvalue weighted by Crippen LogP contribution is -2.48. The average molecular weight is 388 g/mol. The van der Waals surface area contributed by atoms with E-state index < -0.39 is 10.0 Å². The molecule has 0 aliphatic carbocycles. The smallest absolute Gasteiger partial charge is 0.251 e. The lowest BCUT2D eigenvalue weighted by Gasteiger charge is -2.35. The lowest BCUT2D eigenvalue weighted by molar-refractivity contribution is 0.0943. The van der Waals surface area contributed by atoms with Crippen LogP contribution in [0.4, 0.5) is 5.69 Å². The van der Waals surface area contributed by atoms with Crippen LogP contribution in [0.1, 0.15) is 24.2 Å². The van der Waals surface area contributed by atoms with Crippen molar-refractivity contribution in [3.8, 4) is 0 Å². The minimum Gasteiger partial charge on any atom is -0.369 e. The van der Waals surface area contributed by atoms with Gasteiger partial charge in [0.15, 0.2) is 0 Å². The Labute approximate surface area is 160 Å². The summed E-state index contributed by atoms with van der Waals surface area (Å²) < 4.78 is 27.3. The molecule has 6 nitrogen and oxygen atoms in total. The Kier molecular flexibility index (Phi) is 5.82. The fraction of sp³-hybridized carbons (Fsp3) is 0.350. The second-order valence-corrected chi connectivity index (χ2v) is 8.82. The number of amides is 1. The van der Waals surface area contributed by atoms with Crippen LogP contribution >= 0.6 is 0 Å². The van der Waals surface area contributed by atoms with Gasteiger partial charge in [0, 0.05) is 43.5 Å². The topological polar surface area (TPSA) is 69.7 Å². The lowest BCUT2D eigenvalue weighted by atomic mass is 10.2. The van der Waals surface area contributed by atoms with Gasteiger partial charge in [0.05, 0.1) is 4.90 Å². The van der Waals surface area contributed by atoms with Crippen molar-refractivity contribution in [1.82, 2.24) is 9.62 Å². The zero-order chi connectivity index (χ0) is 19.4. The number of carbonyl (C=O) groups excluding carboxylic acids is 1. The molecule has 0 saturated carbocycles. The Bertz CT molecular complexity index is 872. The van der Waals surface area contributed by atoms with Crippen LogP contribution in [0, 0.1) is 0 Å². The Morgan fingerprint density at radius 2 is 1.52 bits per heavy atom. The molecule has 1 N–H and O–H groups in total. The van der Waals surface area contributed by atoms with Gasteiger partial charge in [-0.15, -0.1) is 0 Å². The highest BCUT2D eigenvalue weighted by Crippen LogP contribution is 2.21. The fourth-order valence-electron chi connectivity index (χ4n) is 3.10. The van der Waals surface area contributed by atoms with Crippen LogP contribution in [0.3, 0.4) is 0 Å². The number of hydrogen-bond acceptors (Lipinski definition) is 4. The summed E-state index contributed by atoms with van der Waals surface area (Å²) in [5, 5.41) is 2.80. The molecule has 1 fully saturated rings. The Balaban J connectivity index is 1.67. The van der Waals surface area contributed by atoms with Crippen molar-refractivity contribution >= 4 is 21.6 Å². The third-order valence-corrected chi connectivity index (χ3v) is 6.45. The number of piperazine rings is 1. The van der Waals surface area contributed by atoms with E-state index in [1.165, 1.54) is 16.4 Å². The van der Waals surface area contributed by atoms with Crippen LogP contribution in [0.15, 0.2) is 59.5 Å². The summed E-state index contributed by atoms with van der Waals surface area (Å²) in [6.45, 7) is 5.94. The van der Waals surface area contributed by atoms with Crippen molar-refractivity contribution in [3.63, 3.8) is 0 Å². The number of carbonyl (C=O) groups is 1. The maximum absolute atomic E-state index is 12.9. The van der Waals surface area contributed by atoms with Gasteiger partial charge in [-0.25, -0.2) is 8.42 Å². The van der Waals surface area contributed by atoms with E-state index >= 15 is 0 Å². The predicted octanol–water partition coefficient (Wildman–Crippen LogP) is 2.34. The number of sulfonamides is 1. The normalized spacial score (nSPS) is 15.7. The van der Waals surface area contributed by atoms with Crippen molar-refractivity contribution in [2.75, 3.05) is 31.1 Å². The monoisotopic (exact) mass is 387 g/mol. The van der Waals surface area contributed by atoms with Crippen LogP contribution in [0.5, 0.6) is 0 Å². The second-order valence-electron chi connectivity index (χ2n) is 6.88. The summed E-state index contributed by atoms with van der Waals surface area (Å²) in [6, 6.07) is 16.2. The largest absolute Gasteiger partial charge is 0.369 e. The minimum atomic E-state index is -3.56. The third kappa shape index (κ3) is 4.48. The van der Waals surface area contributed by atoms with Crippen molar-refractivity contribution in [3.05, 3.63) is 60.2 Å². The zero-order valence-electron chi connectivity index (χ0n) is 15.6. The van der Waals surface area contributed by atoms with E-state index in [0.717, 1.165) is 5.69 Å². The Morgan fingerprint density at radius 3 is 2.07 bits per heavy atom. The van der Waals surface area contributed by atoms with Crippen LogP contribution in [-0.4, -0.2) is 50.9 Å². The molecule has 0 unspecified atom stereocenters. The first kappa shape index (κ1) is 19.4. The number of para-hydroxylation sites is 1. The molecule has 7 heteroatoms. The van der Waals surface area contributed by atoms with Gasteiger partial charge in [-0.3, -0.25) is 4.79 Å². The van der Waals surface area contributed by atoms with Crippen LogP contribution < -0.4 is 10.2 Å². The predicted molar refractivity (Wildman–Crippen MR) is 106 cm³/mol. The van der Waals surface area contributed by atoms with Crippen molar-refractivity contribution in [2.24, 2.45) is 0 Å². The molecule has 2 aromatic carbocycles. The molecule has 1 amide bonds. The molecule has 0 aromatic heterocycles. The van der Waals surface area contributed by atoms with E-state index in [0.29, 0.717) is 31.7 Å². The molecule has 27 heavy (non-hydrogen) atoms. The fourth-order valence-corrected chi connectivity index (χ4v) is 4.52. The highest BCUT2D eigenvalue weighted by atomic mass is 32.2. The molecule has 0 atom stereocenters. The molecular formula is C20H25N3O3S. The molecule has 1 saturated heterocycles. The molecule has 1 aliphatic rings. The molecule has 144 valence electrons. The number of benzene rings is 2. The van der Waals surface area contributed by atoms with Gasteiger partial charge in [-0.1, -0.05) is 18.2 Å². The summed E-state index contributed by atoms with van der Waals surface area (Å²) >= 11 is 0. The molecule has 0 radical (unpaired) electrons. The van der Waals surface area contributed by atoms with Gasteiger partial charge in [0.1, 0.15) is 0 Å². The summed E-state index contributed by atoms with van der Waals surface area (Å²) in [4.78, 5) is 14.4. The van der Waals surface area contributed by atoms with Crippen molar-refractivity contribution in [1.29, 1.82) is 0 Å². The molecular weight excluding hydrogens is 362 g/mol. The molecule has 0 spiro atoms. The van der Waals surface area contributed by atoms with E-state index in [2.05, 4.69) is 10.2 Å². The van der Waals surface area contributed by atoms with Gasteiger partial charge in [0.25, 0.3) is 5.91 Å². The summed E-state index contributed by atoms with van der Waals surface area (Å²) in [6.07, 6.45) is 0. The van der Waals surface area contributed by atoms with E-state index in [9.17, 15) is 13.2 Å². The van der Waals surface area contributed by atoms with Gasteiger partial charge >= 0.3 is 0 Å². The third-order valence-electron chi connectivity index (χ3n) is 4.53.